The van der Waals surface area contributed by atoms with Gasteiger partial charge in [-0.2, -0.15) is 10.4 Å². The Hall–Kier alpha value is -2.99. The van der Waals surface area contributed by atoms with Crippen LogP contribution in [0.5, 0.6) is 0 Å². The van der Waals surface area contributed by atoms with Gasteiger partial charge in [-0.3, -0.25) is 14.3 Å². The van der Waals surface area contributed by atoms with Crippen LogP contribution in [0.2, 0.25) is 0 Å². The van der Waals surface area contributed by atoms with Crippen molar-refractivity contribution in [3.05, 3.63) is 36.0 Å². The zero-order chi connectivity index (χ0) is 18.8. The van der Waals surface area contributed by atoms with Crippen molar-refractivity contribution in [3.8, 4) is 6.07 Å². The second kappa shape index (κ2) is 7.32. The first-order valence-electron chi connectivity index (χ1n) is 9.08. The number of hydroxylamine groups is 2. The first-order valence-corrected chi connectivity index (χ1v) is 9.08. The maximum absolute atomic E-state index is 13.0. The summed E-state index contributed by atoms with van der Waals surface area (Å²) in [5, 5.41) is 14.9. The van der Waals surface area contributed by atoms with Gasteiger partial charge < -0.3 is 4.90 Å². The lowest BCUT2D eigenvalue weighted by Gasteiger charge is -2.34. The summed E-state index contributed by atoms with van der Waals surface area (Å²) >= 11 is 0. The molecular formula is C18H21N7O2. The van der Waals surface area contributed by atoms with Crippen LogP contribution in [0.1, 0.15) is 36.7 Å². The molecule has 2 aliphatic rings. The van der Waals surface area contributed by atoms with Gasteiger partial charge in [-0.05, 0) is 18.9 Å². The Kier molecular flexibility index (Phi) is 4.73. The third-order valence-corrected chi connectivity index (χ3v) is 5.13. The van der Waals surface area contributed by atoms with Crippen LogP contribution in [0.25, 0.3) is 0 Å². The summed E-state index contributed by atoms with van der Waals surface area (Å²) in [5.74, 6) is 0.683. The average molecular weight is 367 g/mol. The molecule has 4 heterocycles. The number of carbonyl (C=O) groups excluding carboxylic acids is 1. The molecule has 1 atom stereocenters. The number of nitrogens with zero attached hydrogens (tertiary/aromatic N) is 7. The minimum Gasteiger partial charge on any atom is -0.356 e. The third-order valence-electron chi connectivity index (χ3n) is 5.13. The maximum Gasteiger partial charge on any atom is 0.250 e. The number of rotatable bonds is 3. The summed E-state index contributed by atoms with van der Waals surface area (Å²) < 4.78 is 1.74. The van der Waals surface area contributed by atoms with E-state index < -0.39 is 0 Å². The summed E-state index contributed by atoms with van der Waals surface area (Å²) in [7, 11) is 1.87. The van der Waals surface area contributed by atoms with Gasteiger partial charge in [0, 0.05) is 44.7 Å². The molecular weight excluding hydrogens is 346 g/mol. The van der Waals surface area contributed by atoms with Gasteiger partial charge in [-0.15, -0.1) is 0 Å². The number of hydrogen-bond acceptors (Lipinski definition) is 7. The van der Waals surface area contributed by atoms with Gasteiger partial charge in [-0.1, -0.05) is 0 Å². The predicted octanol–water partition coefficient (Wildman–Crippen LogP) is 1.20. The maximum atomic E-state index is 13.0. The normalized spacial score (nSPS) is 20.7. The van der Waals surface area contributed by atoms with E-state index in [0.717, 1.165) is 30.8 Å². The fourth-order valence-corrected chi connectivity index (χ4v) is 3.68. The van der Waals surface area contributed by atoms with Crippen LogP contribution in [-0.4, -0.2) is 50.4 Å². The standard InChI is InChI=1S/C18H21N7O2/c1-23-6-4-15(22-23)16-5-9-27-25(16)18(26)13-2-7-24(8-3-13)17-10-14(11-19)20-12-21-17/h4,6,10,12-13,16H,2-3,5,7-9H2,1H3. The van der Waals surface area contributed by atoms with Crippen LogP contribution in [0.15, 0.2) is 24.7 Å². The molecule has 4 rings (SSSR count). The van der Waals surface area contributed by atoms with Gasteiger partial charge >= 0.3 is 0 Å². The number of anilines is 1. The first-order chi connectivity index (χ1) is 13.2. The van der Waals surface area contributed by atoms with Crippen molar-refractivity contribution in [2.45, 2.75) is 25.3 Å². The number of aromatic nitrogens is 4. The molecule has 0 spiro atoms. The highest BCUT2D eigenvalue weighted by Gasteiger charge is 2.38. The molecule has 2 aromatic heterocycles. The highest BCUT2D eigenvalue weighted by atomic mass is 16.7. The number of hydrogen-bond donors (Lipinski definition) is 0. The van der Waals surface area contributed by atoms with Gasteiger partial charge in [0.1, 0.15) is 30.0 Å². The van der Waals surface area contributed by atoms with Gasteiger partial charge in [0.05, 0.1) is 12.3 Å². The summed E-state index contributed by atoms with van der Waals surface area (Å²) in [6, 6.07) is 5.53. The van der Waals surface area contributed by atoms with E-state index in [0.29, 0.717) is 25.4 Å². The summed E-state index contributed by atoms with van der Waals surface area (Å²) in [4.78, 5) is 28.9. The van der Waals surface area contributed by atoms with Crippen molar-refractivity contribution in [1.82, 2.24) is 24.8 Å². The van der Waals surface area contributed by atoms with Crippen molar-refractivity contribution >= 4 is 11.7 Å². The number of aryl methyl sites for hydroxylation is 1. The lowest BCUT2D eigenvalue weighted by atomic mass is 9.95. The van der Waals surface area contributed by atoms with E-state index in [1.54, 1.807) is 10.7 Å². The molecule has 2 saturated heterocycles. The Balaban J connectivity index is 1.40. The van der Waals surface area contributed by atoms with Gasteiger partial charge in [0.25, 0.3) is 0 Å². The van der Waals surface area contributed by atoms with Gasteiger partial charge in [-0.25, -0.2) is 15.0 Å². The Morgan fingerprint density at radius 3 is 2.81 bits per heavy atom. The molecule has 9 nitrogen and oxygen atoms in total. The fourth-order valence-electron chi connectivity index (χ4n) is 3.68. The molecule has 0 aliphatic carbocycles. The van der Waals surface area contributed by atoms with E-state index in [1.165, 1.54) is 11.4 Å². The molecule has 0 radical (unpaired) electrons. The lowest BCUT2D eigenvalue weighted by molar-refractivity contribution is -0.182. The van der Waals surface area contributed by atoms with E-state index in [2.05, 4.69) is 20.0 Å². The highest BCUT2D eigenvalue weighted by Crippen LogP contribution is 2.33. The highest BCUT2D eigenvalue weighted by molar-refractivity contribution is 5.78. The predicted molar refractivity (Wildman–Crippen MR) is 95.0 cm³/mol. The summed E-state index contributed by atoms with van der Waals surface area (Å²) in [6.07, 6.45) is 5.49. The van der Waals surface area contributed by atoms with Crippen LogP contribution >= 0.6 is 0 Å². The van der Waals surface area contributed by atoms with Crippen molar-refractivity contribution in [1.29, 1.82) is 5.26 Å². The zero-order valence-corrected chi connectivity index (χ0v) is 15.2. The molecule has 1 amide bonds. The van der Waals surface area contributed by atoms with Crippen LogP contribution in [-0.2, 0) is 16.7 Å². The number of nitriles is 1. The molecule has 2 aromatic rings. The Morgan fingerprint density at radius 1 is 1.30 bits per heavy atom. The molecule has 0 aromatic carbocycles. The summed E-state index contributed by atoms with van der Waals surface area (Å²) in [6.45, 7) is 1.95. The largest absolute Gasteiger partial charge is 0.356 e. The zero-order valence-electron chi connectivity index (χ0n) is 15.2. The van der Waals surface area contributed by atoms with E-state index in [9.17, 15) is 4.79 Å². The van der Waals surface area contributed by atoms with Crippen molar-refractivity contribution in [3.63, 3.8) is 0 Å². The average Bonchev–Trinajstić information content (AvgIpc) is 3.36. The van der Waals surface area contributed by atoms with Crippen LogP contribution in [0, 0.1) is 17.2 Å². The quantitative estimate of drug-likeness (QED) is 0.803. The Labute approximate surface area is 157 Å². The molecule has 27 heavy (non-hydrogen) atoms. The Bertz CT molecular complexity index is 867. The number of carbonyl (C=O) groups is 1. The molecule has 0 bridgehead atoms. The molecule has 0 N–H and O–H groups in total. The van der Waals surface area contributed by atoms with Crippen LogP contribution in [0.3, 0.4) is 0 Å². The Morgan fingerprint density at radius 2 is 2.11 bits per heavy atom. The third kappa shape index (κ3) is 3.48. The molecule has 9 heteroatoms. The number of amides is 1. The lowest BCUT2D eigenvalue weighted by Crippen LogP contribution is -2.42. The fraction of sp³-hybridized carbons (Fsp3) is 0.500. The van der Waals surface area contributed by atoms with E-state index >= 15 is 0 Å². The smallest absolute Gasteiger partial charge is 0.250 e. The topological polar surface area (TPSA) is 100 Å². The molecule has 2 aliphatic heterocycles. The van der Waals surface area contributed by atoms with Gasteiger partial charge in [0.15, 0.2) is 0 Å². The molecule has 0 saturated carbocycles. The molecule has 2 fully saturated rings. The van der Waals surface area contributed by atoms with Gasteiger partial charge in [0.2, 0.25) is 5.91 Å². The van der Waals surface area contributed by atoms with E-state index in [1.807, 2.05) is 25.4 Å². The SMILES string of the molecule is Cn1ccc(C2CCON2C(=O)C2CCN(c3cc(C#N)ncn3)CC2)n1. The monoisotopic (exact) mass is 367 g/mol. The second-order valence-electron chi connectivity index (χ2n) is 6.85. The number of piperidine rings is 1. The van der Waals surface area contributed by atoms with Crippen molar-refractivity contribution in [2.75, 3.05) is 24.6 Å². The van der Waals surface area contributed by atoms with E-state index in [-0.39, 0.29) is 17.9 Å². The van der Waals surface area contributed by atoms with Crippen LogP contribution in [0.4, 0.5) is 5.82 Å². The van der Waals surface area contributed by atoms with Crippen LogP contribution < -0.4 is 4.90 Å². The molecule has 140 valence electrons. The van der Waals surface area contributed by atoms with E-state index in [4.69, 9.17) is 10.1 Å². The minimum absolute atomic E-state index is 0.0307. The molecule has 1 unspecified atom stereocenters. The minimum atomic E-state index is -0.114. The van der Waals surface area contributed by atoms with Crippen molar-refractivity contribution in [2.24, 2.45) is 13.0 Å². The first kappa shape index (κ1) is 17.4. The summed E-state index contributed by atoms with van der Waals surface area (Å²) in [5.41, 5.74) is 1.22. The van der Waals surface area contributed by atoms with Crippen molar-refractivity contribution < 1.29 is 9.63 Å². The second-order valence-corrected chi connectivity index (χ2v) is 6.85.